The van der Waals surface area contributed by atoms with Crippen LogP contribution in [0.3, 0.4) is 0 Å². The lowest BCUT2D eigenvalue weighted by atomic mass is 10.2. The van der Waals surface area contributed by atoms with E-state index >= 15 is 0 Å². The second-order valence-electron chi connectivity index (χ2n) is 5.49. The molecule has 0 heterocycles. The van der Waals surface area contributed by atoms with Gasteiger partial charge in [-0.15, -0.1) is 0 Å². The first-order chi connectivity index (χ1) is 12.3. The van der Waals surface area contributed by atoms with Crippen molar-refractivity contribution in [2.75, 3.05) is 36.7 Å². The highest BCUT2D eigenvalue weighted by Gasteiger charge is 2.18. The van der Waals surface area contributed by atoms with E-state index in [9.17, 15) is 19.7 Å². The van der Waals surface area contributed by atoms with E-state index in [1.807, 2.05) is 19.0 Å². The number of nitrogens with one attached hydrogen (secondary N) is 2. The zero-order valence-corrected chi connectivity index (χ0v) is 14.5. The number of rotatable bonds is 5. The van der Waals surface area contributed by atoms with Crippen LogP contribution in [0, 0.1) is 10.1 Å². The normalized spacial score (nSPS) is 9.96. The summed E-state index contributed by atoms with van der Waals surface area (Å²) in [6.45, 7) is 0. The van der Waals surface area contributed by atoms with Gasteiger partial charge in [0.2, 0.25) is 0 Å². The first-order valence-electron chi connectivity index (χ1n) is 7.54. The molecule has 2 aromatic rings. The number of amides is 2. The zero-order valence-electron chi connectivity index (χ0n) is 14.5. The molecule has 0 radical (unpaired) electrons. The minimum Gasteiger partial charge on any atom is -0.494 e. The van der Waals surface area contributed by atoms with E-state index < -0.39 is 16.7 Å². The van der Waals surface area contributed by atoms with Crippen molar-refractivity contribution in [2.24, 2.45) is 0 Å². The van der Waals surface area contributed by atoms with Gasteiger partial charge in [-0.05, 0) is 30.3 Å². The summed E-state index contributed by atoms with van der Waals surface area (Å²) in [5.74, 6) is -1.72. The summed E-state index contributed by atoms with van der Waals surface area (Å²) in [5.41, 5.74) is 1.38. The Bertz CT molecular complexity index is 834. The Hall–Kier alpha value is -3.62. The van der Waals surface area contributed by atoms with Crippen LogP contribution >= 0.6 is 0 Å². The summed E-state index contributed by atoms with van der Waals surface area (Å²) in [6, 6.07) is 10.6. The number of methoxy groups -OCH3 is 1. The van der Waals surface area contributed by atoms with E-state index in [1.165, 1.54) is 19.2 Å². The highest BCUT2D eigenvalue weighted by Crippen LogP contribution is 2.29. The van der Waals surface area contributed by atoms with Crippen molar-refractivity contribution in [1.82, 2.24) is 0 Å². The van der Waals surface area contributed by atoms with Crippen LogP contribution < -0.4 is 20.3 Å². The van der Waals surface area contributed by atoms with Gasteiger partial charge in [0.05, 0.1) is 23.8 Å². The third kappa shape index (κ3) is 4.47. The van der Waals surface area contributed by atoms with Crippen LogP contribution in [0.1, 0.15) is 0 Å². The number of nitrogens with zero attached hydrogens (tertiary/aromatic N) is 2. The van der Waals surface area contributed by atoms with Crippen molar-refractivity contribution in [3.05, 3.63) is 52.6 Å². The zero-order chi connectivity index (χ0) is 19.3. The average molecular weight is 358 g/mol. The molecule has 0 saturated carbocycles. The predicted octanol–water partition coefficient (Wildman–Crippen LogP) is 2.25. The van der Waals surface area contributed by atoms with Crippen LogP contribution in [0.2, 0.25) is 0 Å². The molecule has 9 heteroatoms. The van der Waals surface area contributed by atoms with Crippen LogP contribution in [-0.4, -0.2) is 37.9 Å². The van der Waals surface area contributed by atoms with E-state index in [0.717, 1.165) is 11.8 Å². The average Bonchev–Trinajstić information content (AvgIpc) is 2.62. The Kier molecular flexibility index (Phi) is 5.74. The van der Waals surface area contributed by atoms with Gasteiger partial charge in [0.25, 0.3) is 5.69 Å². The van der Waals surface area contributed by atoms with Crippen LogP contribution in [0.15, 0.2) is 42.5 Å². The molecule has 0 bridgehead atoms. The van der Waals surface area contributed by atoms with Gasteiger partial charge in [0.1, 0.15) is 5.75 Å². The van der Waals surface area contributed by atoms with E-state index in [4.69, 9.17) is 4.74 Å². The maximum Gasteiger partial charge on any atom is 0.314 e. The number of ether oxygens (including phenoxy) is 1. The first-order valence-corrected chi connectivity index (χ1v) is 7.54. The quantitative estimate of drug-likeness (QED) is 0.481. The highest BCUT2D eigenvalue weighted by molar-refractivity contribution is 6.43. The maximum absolute atomic E-state index is 12.1. The van der Waals surface area contributed by atoms with Crippen LogP contribution in [0.25, 0.3) is 0 Å². The lowest BCUT2D eigenvalue weighted by Gasteiger charge is -2.13. The molecule has 0 aliphatic carbocycles. The third-order valence-electron chi connectivity index (χ3n) is 3.49. The molecule has 0 aliphatic rings. The summed E-state index contributed by atoms with van der Waals surface area (Å²) in [7, 11) is 5.08. The molecule has 2 N–H and O–H groups in total. The van der Waals surface area contributed by atoms with Crippen molar-refractivity contribution in [2.45, 2.75) is 0 Å². The third-order valence-corrected chi connectivity index (χ3v) is 3.49. The van der Waals surface area contributed by atoms with Crippen molar-refractivity contribution >= 4 is 34.6 Å². The molecule has 0 unspecified atom stereocenters. The van der Waals surface area contributed by atoms with E-state index in [0.29, 0.717) is 5.69 Å². The Morgan fingerprint density at radius 1 is 1.04 bits per heavy atom. The molecule has 0 aliphatic heterocycles. The van der Waals surface area contributed by atoms with Crippen LogP contribution in [0.4, 0.5) is 22.7 Å². The first kappa shape index (κ1) is 18.7. The summed E-state index contributed by atoms with van der Waals surface area (Å²) >= 11 is 0. The predicted molar refractivity (Wildman–Crippen MR) is 97.7 cm³/mol. The fourth-order valence-corrected chi connectivity index (χ4v) is 2.11. The van der Waals surface area contributed by atoms with Crippen molar-refractivity contribution < 1.29 is 19.2 Å². The number of benzene rings is 2. The van der Waals surface area contributed by atoms with Crippen molar-refractivity contribution in [3.63, 3.8) is 0 Å². The van der Waals surface area contributed by atoms with Gasteiger partial charge >= 0.3 is 11.8 Å². The minimum absolute atomic E-state index is 0.0793. The Morgan fingerprint density at radius 2 is 1.65 bits per heavy atom. The fourth-order valence-electron chi connectivity index (χ4n) is 2.11. The van der Waals surface area contributed by atoms with Crippen molar-refractivity contribution in [3.8, 4) is 5.75 Å². The van der Waals surface area contributed by atoms with Crippen LogP contribution in [0.5, 0.6) is 5.75 Å². The monoisotopic (exact) mass is 358 g/mol. The van der Waals surface area contributed by atoms with Gasteiger partial charge in [-0.25, -0.2) is 0 Å². The molecule has 136 valence electrons. The lowest BCUT2D eigenvalue weighted by Crippen LogP contribution is -2.29. The van der Waals surface area contributed by atoms with Crippen molar-refractivity contribution in [1.29, 1.82) is 0 Å². The van der Waals surface area contributed by atoms with Gasteiger partial charge in [-0.1, -0.05) is 0 Å². The standard InChI is InChI=1S/C17H18N4O5/c1-20(2)12-6-4-11(5-7-12)18-16(22)17(23)19-14-9-8-13(21(24)25)10-15(14)26-3/h4-10H,1-3H3,(H,18,22)(H,19,23). The fraction of sp³-hybridized carbons (Fsp3) is 0.176. The number of carbonyl (C=O) groups is 2. The molecule has 0 spiro atoms. The van der Waals surface area contributed by atoms with E-state index in [1.54, 1.807) is 24.3 Å². The second-order valence-corrected chi connectivity index (χ2v) is 5.49. The van der Waals surface area contributed by atoms with Gasteiger partial charge in [-0.2, -0.15) is 0 Å². The molecule has 0 aromatic heterocycles. The SMILES string of the molecule is COc1cc([N+](=O)[O-])ccc1NC(=O)C(=O)Nc1ccc(N(C)C)cc1. The summed E-state index contributed by atoms with van der Waals surface area (Å²) < 4.78 is 5.02. The summed E-state index contributed by atoms with van der Waals surface area (Å²) in [6.07, 6.45) is 0. The van der Waals surface area contributed by atoms with Gasteiger partial charge in [-0.3, -0.25) is 19.7 Å². The van der Waals surface area contributed by atoms with E-state index in [2.05, 4.69) is 10.6 Å². The smallest absolute Gasteiger partial charge is 0.314 e. The molecule has 2 aromatic carbocycles. The van der Waals surface area contributed by atoms with E-state index in [-0.39, 0.29) is 17.1 Å². The Labute approximate surface area is 149 Å². The molecular formula is C17H18N4O5. The molecular weight excluding hydrogens is 340 g/mol. The second kappa shape index (κ2) is 7.97. The largest absolute Gasteiger partial charge is 0.494 e. The maximum atomic E-state index is 12.1. The summed E-state index contributed by atoms with van der Waals surface area (Å²) in [5, 5.41) is 15.6. The lowest BCUT2D eigenvalue weighted by molar-refractivity contribution is -0.384. The molecule has 0 saturated heterocycles. The number of nitro benzene ring substituents is 1. The van der Waals surface area contributed by atoms with Gasteiger partial charge < -0.3 is 20.3 Å². The number of nitro groups is 1. The number of anilines is 3. The molecule has 26 heavy (non-hydrogen) atoms. The van der Waals surface area contributed by atoms with Gasteiger partial charge in [0, 0.05) is 31.5 Å². The Balaban J connectivity index is 2.07. The number of hydrogen-bond donors (Lipinski definition) is 2. The van der Waals surface area contributed by atoms with Crippen LogP contribution in [-0.2, 0) is 9.59 Å². The Morgan fingerprint density at radius 3 is 2.19 bits per heavy atom. The number of carbonyl (C=O) groups excluding carboxylic acids is 2. The molecule has 0 fully saturated rings. The molecule has 2 amide bonds. The van der Waals surface area contributed by atoms with Gasteiger partial charge in [0.15, 0.2) is 0 Å². The molecule has 2 rings (SSSR count). The highest BCUT2D eigenvalue weighted by atomic mass is 16.6. The molecule has 0 atom stereocenters. The molecule has 9 nitrogen and oxygen atoms in total. The number of hydrogen-bond acceptors (Lipinski definition) is 6. The number of non-ortho nitro benzene ring substituents is 1. The summed E-state index contributed by atoms with van der Waals surface area (Å²) in [4.78, 5) is 36.2. The minimum atomic E-state index is -0.922. The topological polar surface area (TPSA) is 114 Å².